The van der Waals surface area contributed by atoms with E-state index >= 15 is 0 Å². The van der Waals surface area contributed by atoms with Crippen LogP contribution in [0.15, 0.2) is 18.2 Å². The fourth-order valence-corrected chi connectivity index (χ4v) is 1.47. The number of rotatable bonds is 5. The van der Waals surface area contributed by atoms with Gasteiger partial charge in [0.25, 0.3) is 5.91 Å². The van der Waals surface area contributed by atoms with Crippen molar-refractivity contribution in [2.24, 2.45) is 5.92 Å². The fourth-order valence-electron chi connectivity index (χ4n) is 1.39. The number of aromatic hydroxyl groups is 1. The first-order chi connectivity index (χ1) is 8.47. The molecule has 1 aromatic rings. The molecule has 5 heteroatoms. The number of ether oxygens (including phenoxy) is 1. The molecule has 0 saturated carbocycles. The Bertz CT molecular complexity index is 421. The van der Waals surface area contributed by atoms with Crippen LogP contribution >= 0.6 is 11.6 Å². The smallest absolute Gasteiger partial charge is 0.255 e. The van der Waals surface area contributed by atoms with Crippen molar-refractivity contribution in [1.82, 2.24) is 5.32 Å². The number of carbonyl (C=O) groups is 1. The molecule has 0 radical (unpaired) electrons. The first-order valence-corrected chi connectivity index (χ1v) is 6.19. The highest BCUT2D eigenvalue weighted by molar-refractivity contribution is 6.21. The van der Waals surface area contributed by atoms with Crippen LogP contribution in [0.5, 0.6) is 11.5 Å². The summed E-state index contributed by atoms with van der Waals surface area (Å²) in [6.07, 6.45) is 0. The van der Waals surface area contributed by atoms with Gasteiger partial charge in [0.05, 0.1) is 18.1 Å². The van der Waals surface area contributed by atoms with Crippen molar-refractivity contribution in [3.05, 3.63) is 23.8 Å². The Hall–Kier alpha value is -1.42. The Morgan fingerprint density at radius 3 is 2.72 bits per heavy atom. The van der Waals surface area contributed by atoms with E-state index in [0.717, 1.165) is 0 Å². The predicted octanol–water partition coefficient (Wildman–Crippen LogP) is 2.39. The quantitative estimate of drug-likeness (QED) is 0.809. The third kappa shape index (κ3) is 3.53. The van der Waals surface area contributed by atoms with E-state index < -0.39 is 0 Å². The van der Waals surface area contributed by atoms with E-state index in [4.69, 9.17) is 16.3 Å². The topological polar surface area (TPSA) is 58.6 Å². The van der Waals surface area contributed by atoms with Crippen molar-refractivity contribution < 1.29 is 14.6 Å². The third-order valence-electron chi connectivity index (χ3n) is 2.64. The normalized spacial score (nSPS) is 12.3. The van der Waals surface area contributed by atoms with Gasteiger partial charge >= 0.3 is 0 Å². The van der Waals surface area contributed by atoms with Gasteiger partial charge in [0, 0.05) is 6.54 Å². The maximum absolute atomic E-state index is 11.9. The Labute approximate surface area is 112 Å². The number of halogens is 1. The molecule has 0 heterocycles. The number of amides is 1. The average Bonchev–Trinajstić information content (AvgIpc) is 2.35. The molecule has 0 aliphatic heterocycles. The van der Waals surface area contributed by atoms with Crippen LogP contribution in [0.25, 0.3) is 0 Å². The van der Waals surface area contributed by atoms with Crippen LogP contribution in [-0.2, 0) is 0 Å². The molecule has 0 fully saturated rings. The van der Waals surface area contributed by atoms with Gasteiger partial charge in [-0.3, -0.25) is 4.79 Å². The van der Waals surface area contributed by atoms with Gasteiger partial charge in [-0.25, -0.2) is 0 Å². The zero-order chi connectivity index (χ0) is 13.7. The van der Waals surface area contributed by atoms with Crippen molar-refractivity contribution >= 4 is 17.5 Å². The predicted molar refractivity (Wildman–Crippen MR) is 71.5 cm³/mol. The van der Waals surface area contributed by atoms with Crippen molar-refractivity contribution in [2.45, 2.75) is 19.2 Å². The SMILES string of the molecule is COc1cccc(C(=O)NCC(Cl)C(C)C)c1O. The van der Waals surface area contributed by atoms with Gasteiger partial charge in [0.15, 0.2) is 11.5 Å². The minimum atomic E-state index is -0.363. The number of alkyl halides is 1. The number of hydrogen-bond acceptors (Lipinski definition) is 3. The summed E-state index contributed by atoms with van der Waals surface area (Å²) in [7, 11) is 1.43. The lowest BCUT2D eigenvalue weighted by Crippen LogP contribution is -2.32. The molecule has 0 aliphatic carbocycles. The number of carbonyl (C=O) groups excluding carboxylic acids is 1. The number of phenolic OH excluding ortho intramolecular Hbond substituents is 1. The van der Waals surface area contributed by atoms with E-state index in [1.807, 2.05) is 13.8 Å². The van der Waals surface area contributed by atoms with Gasteiger partial charge in [0.2, 0.25) is 0 Å². The molecule has 0 saturated heterocycles. The van der Waals surface area contributed by atoms with Gasteiger partial charge < -0.3 is 15.2 Å². The fraction of sp³-hybridized carbons (Fsp3) is 0.462. The standard InChI is InChI=1S/C13H18ClNO3/c1-8(2)10(14)7-15-13(17)9-5-4-6-11(18-3)12(9)16/h4-6,8,10,16H,7H2,1-3H3,(H,15,17). The van der Waals surface area contributed by atoms with Gasteiger partial charge in [-0.1, -0.05) is 19.9 Å². The molecule has 0 spiro atoms. The number of methoxy groups -OCH3 is 1. The number of hydrogen-bond donors (Lipinski definition) is 2. The van der Waals surface area contributed by atoms with Crippen LogP contribution in [-0.4, -0.2) is 30.0 Å². The van der Waals surface area contributed by atoms with E-state index in [9.17, 15) is 9.90 Å². The van der Waals surface area contributed by atoms with E-state index in [0.29, 0.717) is 6.54 Å². The first-order valence-electron chi connectivity index (χ1n) is 5.75. The zero-order valence-electron chi connectivity index (χ0n) is 10.7. The molecule has 1 aromatic carbocycles. The van der Waals surface area contributed by atoms with Crippen LogP contribution in [0.3, 0.4) is 0 Å². The molecule has 1 rings (SSSR count). The second-order valence-electron chi connectivity index (χ2n) is 4.33. The molecule has 0 aliphatic rings. The van der Waals surface area contributed by atoms with E-state index in [1.165, 1.54) is 13.2 Å². The van der Waals surface area contributed by atoms with Gasteiger partial charge in [-0.2, -0.15) is 0 Å². The van der Waals surface area contributed by atoms with Crippen molar-refractivity contribution in [3.63, 3.8) is 0 Å². The summed E-state index contributed by atoms with van der Waals surface area (Å²) in [5.74, 6) is 0.0191. The van der Waals surface area contributed by atoms with E-state index in [2.05, 4.69) is 5.32 Å². The summed E-state index contributed by atoms with van der Waals surface area (Å²) in [5.41, 5.74) is 0.182. The summed E-state index contributed by atoms with van der Waals surface area (Å²) in [5, 5.41) is 12.4. The second-order valence-corrected chi connectivity index (χ2v) is 4.89. The van der Waals surface area contributed by atoms with Crippen molar-refractivity contribution in [3.8, 4) is 11.5 Å². The van der Waals surface area contributed by atoms with Gasteiger partial charge in [-0.05, 0) is 18.1 Å². The minimum absolute atomic E-state index is 0.137. The van der Waals surface area contributed by atoms with Crippen LogP contribution in [0.2, 0.25) is 0 Å². The molecule has 100 valence electrons. The molecule has 4 nitrogen and oxygen atoms in total. The number of nitrogens with one attached hydrogen (secondary N) is 1. The Morgan fingerprint density at radius 2 is 2.17 bits per heavy atom. The number of phenols is 1. The highest BCUT2D eigenvalue weighted by Crippen LogP contribution is 2.29. The van der Waals surface area contributed by atoms with E-state index in [-0.39, 0.29) is 34.3 Å². The molecule has 18 heavy (non-hydrogen) atoms. The van der Waals surface area contributed by atoms with Crippen LogP contribution in [0.4, 0.5) is 0 Å². The maximum Gasteiger partial charge on any atom is 0.255 e. The van der Waals surface area contributed by atoms with Crippen LogP contribution in [0, 0.1) is 5.92 Å². The molecule has 0 aromatic heterocycles. The second kappa shape index (κ2) is 6.50. The lowest BCUT2D eigenvalue weighted by molar-refractivity contribution is 0.0949. The summed E-state index contributed by atoms with van der Waals surface area (Å²) < 4.78 is 4.94. The average molecular weight is 272 g/mol. The lowest BCUT2D eigenvalue weighted by Gasteiger charge is -2.14. The summed E-state index contributed by atoms with van der Waals surface area (Å²) in [6, 6.07) is 4.77. The first kappa shape index (κ1) is 14.6. The Morgan fingerprint density at radius 1 is 1.50 bits per heavy atom. The maximum atomic E-state index is 11.9. The molecular formula is C13H18ClNO3. The minimum Gasteiger partial charge on any atom is -0.504 e. The number of benzene rings is 1. The van der Waals surface area contributed by atoms with Crippen LogP contribution < -0.4 is 10.1 Å². The molecule has 0 bridgehead atoms. The highest BCUT2D eigenvalue weighted by atomic mass is 35.5. The van der Waals surface area contributed by atoms with Crippen LogP contribution in [0.1, 0.15) is 24.2 Å². The Balaban J connectivity index is 2.73. The van der Waals surface area contributed by atoms with E-state index in [1.54, 1.807) is 12.1 Å². The molecule has 2 N–H and O–H groups in total. The monoisotopic (exact) mass is 271 g/mol. The van der Waals surface area contributed by atoms with Gasteiger partial charge in [-0.15, -0.1) is 11.6 Å². The largest absolute Gasteiger partial charge is 0.504 e. The lowest BCUT2D eigenvalue weighted by atomic mass is 10.1. The van der Waals surface area contributed by atoms with Crippen molar-refractivity contribution in [1.29, 1.82) is 0 Å². The third-order valence-corrected chi connectivity index (χ3v) is 3.30. The van der Waals surface area contributed by atoms with Crippen molar-refractivity contribution in [2.75, 3.05) is 13.7 Å². The summed E-state index contributed by atoms with van der Waals surface area (Å²) in [4.78, 5) is 11.9. The number of para-hydroxylation sites is 1. The van der Waals surface area contributed by atoms with Gasteiger partial charge in [0.1, 0.15) is 0 Å². The Kier molecular flexibility index (Phi) is 5.28. The molecular weight excluding hydrogens is 254 g/mol. The summed E-state index contributed by atoms with van der Waals surface area (Å²) in [6.45, 7) is 4.31. The summed E-state index contributed by atoms with van der Waals surface area (Å²) >= 11 is 6.04. The zero-order valence-corrected chi connectivity index (χ0v) is 11.5. The molecule has 1 atom stereocenters. The highest BCUT2D eigenvalue weighted by Gasteiger charge is 2.16. The molecule has 1 unspecified atom stereocenters. The molecule has 1 amide bonds.